The summed E-state index contributed by atoms with van der Waals surface area (Å²) in [5, 5.41) is 12.7. The lowest BCUT2D eigenvalue weighted by atomic mass is 9.64. The Hall–Kier alpha value is -1.75. The van der Waals surface area contributed by atoms with Gasteiger partial charge in [0.2, 0.25) is 0 Å². The molecular weight excluding hydrogens is 258 g/mol. The van der Waals surface area contributed by atoms with Crippen LogP contribution in [0.3, 0.4) is 0 Å². The summed E-state index contributed by atoms with van der Waals surface area (Å²) in [7, 11) is 3.08. The van der Waals surface area contributed by atoms with E-state index in [0.717, 1.165) is 0 Å². The molecule has 1 aromatic carbocycles. The van der Waals surface area contributed by atoms with Crippen LogP contribution in [-0.4, -0.2) is 37.4 Å². The Morgan fingerprint density at radius 3 is 2.55 bits per heavy atom. The lowest BCUT2D eigenvalue weighted by Crippen LogP contribution is -2.61. The summed E-state index contributed by atoms with van der Waals surface area (Å²) < 4.78 is 10.3. The third-order valence-corrected chi connectivity index (χ3v) is 4.17. The highest BCUT2D eigenvalue weighted by Crippen LogP contribution is 2.40. The number of methoxy groups -OCH3 is 2. The number of hydrogen-bond acceptors (Lipinski definition) is 4. The number of aliphatic hydroxyl groups is 1. The minimum absolute atomic E-state index is 0.0307. The number of amides is 1. The van der Waals surface area contributed by atoms with Crippen molar-refractivity contribution in [2.75, 3.05) is 14.2 Å². The number of aliphatic hydroxyl groups excluding tert-OH is 1. The van der Waals surface area contributed by atoms with Gasteiger partial charge < -0.3 is 19.9 Å². The summed E-state index contributed by atoms with van der Waals surface area (Å²) >= 11 is 0. The second-order valence-electron chi connectivity index (χ2n) is 5.67. The topological polar surface area (TPSA) is 67.8 Å². The fourth-order valence-electron chi connectivity index (χ4n) is 2.37. The third kappa shape index (κ3) is 2.45. The molecule has 1 amide bonds. The van der Waals surface area contributed by atoms with Crippen LogP contribution in [0.25, 0.3) is 0 Å². The lowest BCUT2D eigenvalue weighted by molar-refractivity contribution is -0.0689. The van der Waals surface area contributed by atoms with E-state index in [2.05, 4.69) is 5.32 Å². The molecule has 20 heavy (non-hydrogen) atoms. The van der Waals surface area contributed by atoms with Crippen LogP contribution in [0.2, 0.25) is 0 Å². The van der Waals surface area contributed by atoms with Crippen molar-refractivity contribution in [1.29, 1.82) is 0 Å². The first kappa shape index (κ1) is 14.7. The molecule has 110 valence electrons. The van der Waals surface area contributed by atoms with Crippen molar-refractivity contribution in [2.24, 2.45) is 5.41 Å². The number of rotatable bonds is 4. The molecule has 0 bridgehead atoms. The quantitative estimate of drug-likeness (QED) is 0.878. The first-order valence-electron chi connectivity index (χ1n) is 6.61. The van der Waals surface area contributed by atoms with E-state index in [9.17, 15) is 9.90 Å². The van der Waals surface area contributed by atoms with Crippen molar-refractivity contribution in [3.8, 4) is 11.5 Å². The molecule has 2 atom stereocenters. The Balaban J connectivity index is 2.14. The van der Waals surface area contributed by atoms with E-state index in [4.69, 9.17) is 9.47 Å². The smallest absolute Gasteiger partial charge is 0.255 e. The normalized spacial score (nSPS) is 23.6. The average Bonchev–Trinajstić information content (AvgIpc) is 2.45. The van der Waals surface area contributed by atoms with Gasteiger partial charge in [-0.15, -0.1) is 0 Å². The molecule has 1 fully saturated rings. The summed E-state index contributed by atoms with van der Waals surface area (Å²) in [4.78, 5) is 12.3. The van der Waals surface area contributed by atoms with Crippen molar-refractivity contribution in [2.45, 2.75) is 32.4 Å². The van der Waals surface area contributed by atoms with Crippen molar-refractivity contribution in [3.63, 3.8) is 0 Å². The SMILES string of the molecule is COc1ccc(C(=O)NC2CC(O)C2(C)C)c(OC)c1. The van der Waals surface area contributed by atoms with Crippen LogP contribution in [0, 0.1) is 5.41 Å². The lowest BCUT2D eigenvalue weighted by Gasteiger charge is -2.49. The van der Waals surface area contributed by atoms with Crippen LogP contribution < -0.4 is 14.8 Å². The maximum absolute atomic E-state index is 12.3. The predicted octanol–water partition coefficient (Wildman–Crippen LogP) is 1.59. The first-order valence-corrected chi connectivity index (χ1v) is 6.61. The molecule has 1 aromatic rings. The van der Waals surface area contributed by atoms with Gasteiger partial charge in [-0.05, 0) is 18.6 Å². The number of nitrogens with one attached hydrogen (secondary N) is 1. The monoisotopic (exact) mass is 279 g/mol. The standard InChI is InChI=1S/C15H21NO4/c1-15(2)12(8-13(15)17)16-14(18)10-6-5-9(19-3)7-11(10)20-4/h5-7,12-13,17H,8H2,1-4H3,(H,16,18). The molecule has 0 spiro atoms. The van der Waals surface area contributed by atoms with Gasteiger partial charge in [-0.2, -0.15) is 0 Å². The van der Waals surface area contributed by atoms with E-state index >= 15 is 0 Å². The molecular formula is C15H21NO4. The fourth-order valence-corrected chi connectivity index (χ4v) is 2.37. The van der Waals surface area contributed by atoms with Gasteiger partial charge in [0.15, 0.2) is 0 Å². The molecule has 5 nitrogen and oxygen atoms in total. The zero-order valence-electron chi connectivity index (χ0n) is 12.3. The minimum atomic E-state index is -0.370. The largest absolute Gasteiger partial charge is 0.497 e. The maximum Gasteiger partial charge on any atom is 0.255 e. The van der Waals surface area contributed by atoms with Crippen LogP contribution in [-0.2, 0) is 0 Å². The van der Waals surface area contributed by atoms with Gasteiger partial charge in [0.05, 0.1) is 25.9 Å². The zero-order valence-corrected chi connectivity index (χ0v) is 12.3. The molecule has 1 aliphatic carbocycles. The zero-order chi connectivity index (χ0) is 14.9. The van der Waals surface area contributed by atoms with Crippen molar-refractivity contribution in [3.05, 3.63) is 23.8 Å². The van der Waals surface area contributed by atoms with Crippen LogP contribution in [0.4, 0.5) is 0 Å². The maximum atomic E-state index is 12.3. The predicted molar refractivity (Wildman–Crippen MR) is 75.2 cm³/mol. The van der Waals surface area contributed by atoms with Gasteiger partial charge in [0, 0.05) is 17.5 Å². The molecule has 0 saturated heterocycles. The van der Waals surface area contributed by atoms with Crippen LogP contribution in [0.15, 0.2) is 18.2 Å². The van der Waals surface area contributed by atoms with Crippen molar-refractivity contribution in [1.82, 2.24) is 5.32 Å². The van der Waals surface area contributed by atoms with E-state index in [-0.39, 0.29) is 23.5 Å². The van der Waals surface area contributed by atoms with Crippen LogP contribution in [0.5, 0.6) is 11.5 Å². The molecule has 0 heterocycles. The van der Waals surface area contributed by atoms with Gasteiger partial charge in [-0.3, -0.25) is 4.79 Å². The second kappa shape index (κ2) is 5.32. The summed E-state index contributed by atoms with van der Waals surface area (Å²) in [6.45, 7) is 3.88. The molecule has 2 rings (SSSR count). The molecule has 2 unspecified atom stereocenters. The number of ether oxygens (including phenoxy) is 2. The Bertz CT molecular complexity index is 513. The highest BCUT2D eigenvalue weighted by atomic mass is 16.5. The highest BCUT2D eigenvalue weighted by Gasteiger charge is 2.48. The van der Waals surface area contributed by atoms with Gasteiger partial charge in [0.1, 0.15) is 11.5 Å². The summed E-state index contributed by atoms with van der Waals surface area (Å²) in [5.74, 6) is 0.909. The Labute approximate surface area is 118 Å². The first-order chi connectivity index (χ1) is 9.40. The number of hydrogen-bond donors (Lipinski definition) is 2. The molecule has 5 heteroatoms. The highest BCUT2D eigenvalue weighted by molar-refractivity contribution is 5.97. The molecule has 1 saturated carbocycles. The number of benzene rings is 1. The Morgan fingerprint density at radius 1 is 1.35 bits per heavy atom. The number of carbonyl (C=O) groups excluding carboxylic acids is 1. The molecule has 0 aromatic heterocycles. The summed E-state index contributed by atoms with van der Waals surface area (Å²) in [6, 6.07) is 5.04. The van der Waals surface area contributed by atoms with Crippen molar-refractivity contribution >= 4 is 5.91 Å². The summed E-state index contributed by atoms with van der Waals surface area (Å²) in [5.41, 5.74) is 0.167. The van der Waals surface area contributed by atoms with E-state index < -0.39 is 0 Å². The third-order valence-electron chi connectivity index (χ3n) is 4.17. The Kier molecular flexibility index (Phi) is 3.90. The van der Waals surface area contributed by atoms with Crippen LogP contribution >= 0.6 is 0 Å². The van der Waals surface area contributed by atoms with E-state index in [1.165, 1.54) is 7.11 Å². The van der Waals surface area contributed by atoms with Gasteiger partial charge in [-0.25, -0.2) is 0 Å². The summed E-state index contributed by atoms with van der Waals surface area (Å²) in [6.07, 6.45) is 0.211. The van der Waals surface area contributed by atoms with E-state index in [1.54, 1.807) is 25.3 Å². The average molecular weight is 279 g/mol. The molecule has 1 aliphatic rings. The minimum Gasteiger partial charge on any atom is -0.497 e. The fraction of sp³-hybridized carbons (Fsp3) is 0.533. The van der Waals surface area contributed by atoms with Crippen molar-refractivity contribution < 1.29 is 19.4 Å². The van der Waals surface area contributed by atoms with Gasteiger partial charge in [-0.1, -0.05) is 13.8 Å². The van der Waals surface area contributed by atoms with E-state index in [0.29, 0.717) is 23.5 Å². The van der Waals surface area contributed by atoms with E-state index in [1.807, 2.05) is 13.8 Å². The molecule has 2 N–H and O–H groups in total. The number of carbonyl (C=O) groups is 1. The molecule has 0 aliphatic heterocycles. The van der Waals surface area contributed by atoms with Gasteiger partial charge >= 0.3 is 0 Å². The van der Waals surface area contributed by atoms with Crippen LogP contribution in [0.1, 0.15) is 30.6 Å². The van der Waals surface area contributed by atoms with Gasteiger partial charge in [0.25, 0.3) is 5.91 Å². The second-order valence-corrected chi connectivity index (χ2v) is 5.67. The Morgan fingerprint density at radius 2 is 2.05 bits per heavy atom. The molecule has 0 radical (unpaired) electrons.